The molecule has 1 heterocycles. The summed E-state index contributed by atoms with van der Waals surface area (Å²) in [6, 6.07) is 0. The molecule has 0 bridgehead atoms. The summed E-state index contributed by atoms with van der Waals surface area (Å²) in [5.74, 6) is 0.920. The van der Waals surface area contributed by atoms with Crippen LogP contribution in [0.1, 0.15) is 19.3 Å². The molecule has 5 heteroatoms. The summed E-state index contributed by atoms with van der Waals surface area (Å²) in [7, 11) is 0. The van der Waals surface area contributed by atoms with Gasteiger partial charge in [0.15, 0.2) is 11.6 Å². The molecule has 76 valence electrons. The third-order valence-corrected chi connectivity index (χ3v) is 2.60. The minimum atomic E-state index is -0.566. The third kappa shape index (κ3) is 1.77. The van der Waals surface area contributed by atoms with Crippen molar-refractivity contribution in [2.45, 2.75) is 24.9 Å². The fourth-order valence-corrected chi connectivity index (χ4v) is 1.49. The lowest BCUT2D eigenvalue weighted by Crippen LogP contribution is -2.43. The maximum atomic E-state index is 9.81. The maximum Gasteiger partial charge on any atom is 0.169 e. The zero-order chi connectivity index (χ0) is 10.0. The van der Waals surface area contributed by atoms with Crippen molar-refractivity contribution < 1.29 is 5.11 Å². The molecule has 0 atom stereocenters. The predicted octanol–water partition coefficient (Wildman–Crippen LogP) is 0.386. The van der Waals surface area contributed by atoms with Gasteiger partial charge in [-0.1, -0.05) is 0 Å². The van der Waals surface area contributed by atoms with Gasteiger partial charge in [-0.3, -0.25) is 0 Å². The first-order valence-corrected chi connectivity index (χ1v) is 4.72. The van der Waals surface area contributed by atoms with Crippen LogP contribution in [-0.2, 0) is 0 Å². The molecule has 0 saturated heterocycles. The number of hydrogen-bond acceptors (Lipinski definition) is 5. The van der Waals surface area contributed by atoms with E-state index in [0.717, 1.165) is 19.3 Å². The van der Waals surface area contributed by atoms with E-state index in [1.165, 1.54) is 0 Å². The second-order valence-electron chi connectivity index (χ2n) is 3.72. The molecule has 14 heavy (non-hydrogen) atoms. The van der Waals surface area contributed by atoms with Gasteiger partial charge in [0.25, 0.3) is 0 Å². The smallest absolute Gasteiger partial charge is 0.169 e. The molecule has 1 saturated carbocycles. The molecule has 1 aromatic heterocycles. The highest BCUT2D eigenvalue weighted by molar-refractivity contribution is 5.55. The normalized spacial score (nSPS) is 18.6. The van der Waals surface area contributed by atoms with Gasteiger partial charge in [-0.2, -0.15) is 0 Å². The highest BCUT2D eigenvalue weighted by Crippen LogP contribution is 2.31. The van der Waals surface area contributed by atoms with Crippen molar-refractivity contribution in [3.05, 3.63) is 12.4 Å². The van der Waals surface area contributed by atoms with Crippen molar-refractivity contribution in [3.8, 4) is 0 Å². The van der Waals surface area contributed by atoms with Crippen molar-refractivity contribution >= 4 is 11.6 Å². The van der Waals surface area contributed by atoms with Gasteiger partial charge in [0.05, 0.1) is 5.60 Å². The molecule has 0 aromatic carbocycles. The first-order chi connectivity index (χ1) is 6.70. The lowest BCUT2D eigenvalue weighted by Gasteiger charge is -2.36. The van der Waals surface area contributed by atoms with Gasteiger partial charge in [0, 0.05) is 18.9 Å². The summed E-state index contributed by atoms with van der Waals surface area (Å²) in [5.41, 5.74) is 5.03. The van der Waals surface area contributed by atoms with Crippen LogP contribution in [0.3, 0.4) is 0 Å². The lowest BCUT2D eigenvalue weighted by atomic mass is 9.80. The Morgan fingerprint density at radius 3 is 2.71 bits per heavy atom. The molecular weight excluding hydrogens is 180 g/mol. The maximum absolute atomic E-state index is 9.81. The van der Waals surface area contributed by atoms with Crippen molar-refractivity contribution in [1.82, 2.24) is 9.97 Å². The molecule has 0 radical (unpaired) electrons. The zero-order valence-corrected chi connectivity index (χ0v) is 7.90. The van der Waals surface area contributed by atoms with Crippen molar-refractivity contribution in [2.75, 3.05) is 17.6 Å². The van der Waals surface area contributed by atoms with E-state index in [-0.39, 0.29) is 0 Å². The molecule has 0 unspecified atom stereocenters. The quantitative estimate of drug-likeness (QED) is 0.648. The van der Waals surface area contributed by atoms with E-state index in [9.17, 15) is 5.11 Å². The van der Waals surface area contributed by atoms with Gasteiger partial charge in [0.1, 0.15) is 0 Å². The first-order valence-electron chi connectivity index (χ1n) is 4.72. The minimum Gasteiger partial charge on any atom is -0.388 e. The summed E-state index contributed by atoms with van der Waals surface area (Å²) in [6.07, 6.45) is 5.90. The summed E-state index contributed by atoms with van der Waals surface area (Å²) in [4.78, 5) is 7.92. The van der Waals surface area contributed by atoms with E-state index in [0.29, 0.717) is 18.2 Å². The Morgan fingerprint density at radius 2 is 2.14 bits per heavy atom. The molecule has 0 aliphatic heterocycles. The van der Waals surface area contributed by atoms with Crippen molar-refractivity contribution in [3.63, 3.8) is 0 Å². The highest BCUT2D eigenvalue weighted by Gasteiger charge is 2.34. The first kappa shape index (κ1) is 9.21. The third-order valence-electron chi connectivity index (χ3n) is 2.60. The number of nitrogen functional groups attached to an aromatic ring is 1. The molecule has 5 nitrogen and oxygen atoms in total. The van der Waals surface area contributed by atoms with Crippen LogP contribution in [0.4, 0.5) is 11.6 Å². The van der Waals surface area contributed by atoms with Gasteiger partial charge in [-0.15, -0.1) is 0 Å². The summed E-state index contributed by atoms with van der Waals surface area (Å²) in [6.45, 7) is 0.496. The SMILES string of the molecule is Nc1nccnc1NCC1(O)CCC1. The topological polar surface area (TPSA) is 84.1 Å². The highest BCUT2D eigenvalue weighted by atomic mass is 16.3. The van der Waals surface area contributed by atoms with Crippen LogP contribution in [0.2, 0.25) is 0 Å². The van der Waals surface area contributed by atoms with Crippen molar-refractivity contribution in [2.24, 2.45) is 0 Å². The number of nitrogens with zero attached hydrogens (tertiary/aromatic N) is 2. The van der Waals surface area contributed by atoms with Gasteiger partial charge >= 0.3 is 0 Å². The summed E-state index contributed by atoms with van der Waals surface area (Å²) < 4.78 is 0. The number of aromatic nitrogens is 2. The number of nitrogens with two attached hydrogens (primary N) is 1. The zero-order valence-electron chi connectivity index (χ0n) is 7.90. The fraction of sp³-hybridized carbons (Fsp3) is 0.556. The number of aliphatic hydroxyl groups is 1. The standard InChI is InChI=1S/C9H14N4O/c10-7-8(12-5-4-11-7)13-6-9(14)2-1-3-9/h4-5,14H,1-3,6H2,(H2,10,11)(H,12,13). The molecular formula is C9H14N4O. The van der Waals surface area contributed by atoms with Crippen LogP contribution in [0, 0.1) is 0 Å². The van der Waals surface area contributed by atoms with Crippen LogP contribution in [0.25, 0.3) is 0 Å². The Hall–Kier alpha value is -1.36. The van der Waals surface area contributed by atoms with Crippen molar-refractivity contribution in [1.29, 1.82) is 0 Å². The van der Waals surface area contributed by atoms with Crippen LogP contribution >= 0.6 is 0 Å². The van der Waals surface area contributed by atoms with Crippen LogP contribution in [-0.4, -0.2) is 27.2 Å². The van der Waals surface area contributed by atoms with Gasteiger partial charge in [-0.05, 0) is 19.3 Å². The molecule has 0 amide bonds. The number of anilines is 2. The Kier molecular flexibility index (Phi) is 2.25. The lowest BCUT2D eigenvalue weighted by molar-refractivity contribution is -0.0202. The van der Waals surface area contributed by atoms with Crippen LogP contribution in [0.5, 0.6) is 0 Å². The van der Waals surface area contributed by atoms with Gasteiger partial charge < -0.3 is 16.2 Å². The second-order valence-corrected chi connectivity index (χ2v) is 3.72. The summed E-state index contributed by atoms with van der Waals surface area (Å²) in [5, 5.41) is 12.8. The van der Waals surface area contributed by atoms with Gasteiger partial charge in [-0.25, -0.2) is 9.97 Å². The van der Waals surface area contributed by atoms with E-state index < -0.39 is 5.60 Å². The molecule has 2 rings (SSSR count). The average Bonchev–Trinajstić information content (AvgIpc) is 2.14. The minimum absolute atomic E-state index is 0.371. The second kappa shape index (κ2) is 3.42. The Morgan fingerprint density at radius 1 is 1.43 bits per heavy atom. The largest absolute Gasteiger partial charge is 0.388 e. The molecule has 4 N–H and O–H groups in total. The Labute approximate surface area is 82.4 Å². The monoisotopic (exact) mass is 194 g/mol. The van der Waals surface area contributed by atoms with E-state index in [1.54, 1.807) is 12.4 Å². The molecule has 1 aliphatic carbocycles. The van der Waals surface area contributed by atoms with E-state index in [1.807, 2.05) is 0 Å². The number of rotatable bonds is 3. The Bertz CT molecular complexity index is 324. The predicted molar refractivity (Wildman–Crippen MR) is 53.7 cm³/mol. The molecule has 1 aliphatic rings. The van der Waals surface area contributed by atoms with E-state index >= 15 is 0 Å². The number of nitrogens with one attached hydrogen (secondary N) is 1. The molecule has 1 fully saturated rings. The molecule has 0 spiro atoms. The molecule has 1 aromatic rings. The Balaban J connectivity index is 1.95. The number of hydrogen-bond donors (Lipinski definition) is 3. The fourth-order valence-electron chi connectivity index (χ4n) is 1.49. The van der Waals surface area contributed by atoms with E-state index in [2.05, 4.69) is 15.3 Å². The average molecular weight is 194 g/mol. The summed E-state index contributed by atoms with van der Waals surface area (Å²) >= 11 is 0. The van der Waals surface area contributed by atoms with Crippen LogP contribution < -0.4 is 11.1 Å². The van der Waals surface area contributed by atoms with Gasteiger partial charge in [0.2, 0.25) is 0 Å². The van der Waals surface area contributed by atoms with Crippen LogP contribution in [0.15, 0.2) is 12.4 Å². The van der Waals surface area contributed by atoms with E-state index in [4.69, 9.17) is 5.73 Å².